The second kappa shape index (κ2) is 6.21. The van der Waals surface area contributed by atoms with Gasteiger partial charge in [0.15, 0.2) is 0 Å². The van der Waals surface area contributed by atoms with Crippen molar-refractivity contribution in [2.45, 2.75) is 26.3 Å². The first-order chi connectivity index (χ1) is 8.74. The lowest BCUT2D eigenvalue weighted by Crippen LogP contribution is -2.23. The summed E-state index contributed by atoms with van der Waals surface area (Å²) in [5, 5.41) is 2.11. The number of hydrogen-bond donors (Lipinski definition) is 0. The Hall–Kier alpha value is -1.06. The van der Waals surface area contributed by atoms with Gasteiger partial charge in [-0.25, -0.2) is 4.98 Å². The Morgan fingerprint density at radius 3 is 2.83 bits per heavy atom. The quantitative estimate of drug-likeness (QED) is 0.763. The van der Waals surface area contributed by atoms with Crippen molar-refractivity contribution in [3.63, 3.8) is 0 Å². The van der Waals surface area contributed by atoms with Crippen LogP contribution in [0.5, 0.6) is 0 Å². The second-order valence-electron chi connectivity index (χ2n) is 4.21. The number of pyridine rings is 1. The first kappa shape index (κ1) is 13.4. The molecule has 0 aliphatic carbocycles. The topological polar surface area (TPSA) is 16.1 Å². The number of aromatic nitrogens is 1. The van der Waals surface area contributed by atoms with Crippen LogP contribution in [0.15, 0.2) is 29.8 Å². The molecule has 0 unspecified atom stereocenters. The molecule has 0 atom stereocenters. The molecule has 0 amide bonds. The van der Waals surface area contributed by atoms with Crippen molar-refractivity contribution >= 4 is 28.8 Å². The van der Waals surface area contributed by atoms with E-state index in [0.29, 0.717) is 5.88 Å². The monoisotopic (exact) mass is 280 g/mol. The van der Waals surface area contributed by atoms with Gasteiger partial charge in [0.05, 0.1) is 6.54 Å². The third-order valence-corrected chi connectivity index (χ3v) is 4.04. The Labute approximate surface area is 117 Å². The lowest BCUT2D eigenvalue weighted by Gasteiger charge is -2.23. The summed E-state index contributed by atoms with van der Waals surface area (Å²) in [5.41, 5.74) is 2.26. The third-order valence-electron chi connectivity index (χ3n) is 2.87. The molecule has 0 aromatic carbocycles. The maximum Gasteiger partial charge on any atom is 0.131 e. The highest BCUT2D eigenvalue weighted by molar-refractivity contribution is 7.09. The maximum absolute atomic E-state index is 5.83. The molecule has 0 aliphatic rings. The average Bonchev–Trinajstić information content (AvgIpc) is 2.89. The van der Waals surface area contributed by atoms with Crippen LogP contribution in [0.4, 0.5) is 5.82 Å². The lowest BCUT2D eigenvalue weighted by molar-refractivity contribution is 0.817. The van der Waals surface area contributed by atoms with Gasteiger partial charge in [0.2, 0.25) is 0 Å². The number of alkyl halides is 1. The summed E-state index contributed by atoms with van der Waals surface area (Å²) in [6.07, 6.45) is 1.87. The second-order valence-corrected chi connectivity index (χ2v) is 5.51. The molecule has 4 heteroatoms. The molecular weight excluding hydrogens is 264 g/mol. The van der Waals surface area contributed by atoms with Gasteiger partial charge in [-0.15, -0.1) is 22.9 Å². The fourth-order valence-electron chi connectivity index (χ4n) is 1.96. The van der Waals surface area contributed by atoms with Gasteiger partial charge in [0.1, 0.15) is 5.82 Å². The van der Waals surface area contributed by atoms with Crippen molar-refractivity contribution < 1.29 is 0 Å². The van der Waals surface area contributed by atoms with Gasteiger partial charge in [-0.3, -0.25) is 0 Å². The predicted molar refractivity (Wildman–Crippen MR) is 79.6 cm³/mol. The maximum atomic E-state index is 5.83. The fourth-order valence-corrected chi connectivity index (χ4v) is 2.82. The first-order valence-electron chi connectivity index (χ1n) is 6.03. The summed E-state index contributed by atoms with van der Waals surface area (Å²) in [6.45, 7) is 6.12. The van der Waals surface area contributed by atoms with Crippen LogP contribution in [0.2, 0.25) is 0 Å². The van der Waals surface area contributed by atoms with Crippen molar-refractivity contribution in [2.24, 2.45) is 0 Å². The Morgan fingerprint density at radius 1 is 1.44 bits per heavy atom. The molecule has 18 heavy (non-hydrogen) atoms. The molecule has 0 saturated carbocycles. The normalized spacial score (nSPS) is 10.6. The highest BCUT2D eigenvalue weighted by atomic mass is 35.5. The molecule has 0 aliphatic heterocycles. The number of halogens is 1. The number of anilines is 1. The van der Waals surface area contributed by atoms with Gasteiger partial charge in [-0.05, 0) is 42.5 Å². The molecule has 0 N–H and O–H groups in total. The molecule has 96 valence electrons. The molecule has 2 rings (SSSR count). The highest BCUT2D eigenvalue weighted by Gasteiger charge is 2.10. The van der Waals surface area contributed by atoms with E-state index in [1.54, 1.807) is 11.3 Å². The van der Waals surface area contributed by atoms with E-state index in [4.69, 9.17) is 11.6 Å². The summed E-state index contributed by atoms with van der Waals surface area (Å²) in [7, 11) is 0. The van der Waals surface area contributed by atoms with E-state index in [1.165, 1.54) is 10.4 Å². The summed E-state index contributed by atoms with van der Waals surface area (Å²) in [4.78, 5) is 8.20. The summed E-state index contributed by atoms with van der Waals surface area (Å²) in [5.74, 6) is 1.57. The van der Waals surface area contributed by atoms with Crippen LogP contribution in [0, 0.1) is 6.92 Å². The van der Waals surface area contributed by atoms with Crippen LogP contribution in [0.3, 0.4) is 0 Å². The van der Waals surface area contributed by atoms with E-state index < -0.39 is 0 Å². The van der Waals surface area contributed by atoms with Crippen molar-refractivity contribution in [1.82, 2.24) is 4.98 Å². The smallest absolute Gasteiger partial charge is 0.131 e. The summed E-state index contributed by atoms with van der Waals surface area (Å²) in [6, 6.07) is 6.37. The Balaban J connectivity index is 2.22. The number of rotatable bonds is 5. The molecule has 0 spiro atoms. The Kier molecular flexibility index (Phi) is 4.61. The first-order valence-corrected chi connectivity index (χ1v) is 7.44. The SMILES string of the molecule is CCN(Cc1cccs1)c1ncc(CCl)cc1C. The average molecular weight is 281 g/mol. The number of nitrogens with zero attached hydrogens (tertiary/aromatic N) is 2. The van der Waals surface area contributed by atoms with Crippen molar-refractivity contribution in [3.05, 3.63) is 45.8 Å². The van der Waals surface area contributed by atoms with Crippen LogP contribution in [-0.2, 0) is 12.4 Å². The van der Waals surface area contributed by atoms with Crippen LogP contribution >= 0.6 is 22.9 Å². The molecule has 0 bridgehead atoms. The highest BCUT2D eigenvalue weighted by Crippen LogP contribution is 2.22. The van der Waals surface area contributed by atoms with Gasteiger partial charge >= 0.3 is 0 Å². The Morgan fingerprint density at radius 2 is 2.28 bits per heavy atom. The number of aryl methyl sites for hydroxylation is 1. The van der Waals surface area contributed by atoms with E-state index >= 15 is 0 Å². The molecule has 2 heterocycles. The van der Waals surface area contributed by atoms with Crippen molar-refractivity contribution in [3.8, 4) is 0 Å². The molecule has 0 radical (unpaired) electrons. The third kappa shape index (κ3) is 3.03. The predicted octanol–water partition coefficient (Wildman–Crippen LogP) is 4.22. The summed E-state index contributed by atoms with van der Waals surface area (Å²) < 4.78 is 0. The molecular formula is C14H17ClN2S. The minimum absolute atomic E-state index is 0.519. The minimum atomic E-state index is 0.519. The van der Waals surface area contributed by atoms with Gasteiger partial charge in [0.25, 0.3) is 0 Å². The van der Waals surface area contributed by atoms with Crippen LogP contribution in [0.1, 0.15) is 22.9 Å². The Bertz CT molecular complexity index is 497. The molecule has 2 nitrogen and oxygen atoms in total. The van der Waals surface area contributed by atoms with Crippen LogP contribution in [0.25, 0.3) is 0 Å². The van der Waals surface area contributed by atoms with Crippen molar-refractivity contribution in [2.75, 3.05) is 11.4 Å². The number of thiophene rings is 1. The van der Waals surface area contributed by atoms with E-state index in [-0.39, 0.29) is 0 Å². The molecule has 0 fully saturated rings. The fraction of sp³-hybridized carbons (Fsp3) is 0.357. The molecule has 2 aromatic rings. The van der Waals surface area contributed by atoms with Gasteiger partial charge < -0.3 is 4.90 Å². The van der Waals surface area contributed by atoms with Gasteiger partial charge in [-0.2, -0.15) is 0 Å². The lowest BCUT2D eigenvalue weighted by atomic mass is 10.2. The van der Waals surface area contributed by atoms with Crippen LogP contribution in [-0.4, -0.2) is 11.5 Å². The molecule has 0 saturated heterocycles. The van der Waals surface area contributed by atoms with Crippen molar-refractivity contribution in [1.29, 1.82) is 0 Å². The number of hydrogen-bond acceptors (Lipinski definition) is 3. The van der Waals surface area contributed by atoms with E-state index in [2.05, 4.69) is 47.3 Å². The van der Waals surface area contributed by atoms with E-state index in [1.807, 2.05) is 6.20 Å². The zero-order chi connectivity index (χ0) is 13.0. The standard InChI is InChI=1S/C14H17ClN2S/c1-3-17(10-13-5-4-6-18-13)14-11(2)7-12(8-15)9-16-14/h4-7,9H,3,8,10H2,1-2H3. The van der Waals surface area contributed by atoms with Crippen LogP contribution < -0.4 is 4.90 Å². The largest absolute Gasteiger partial charge is 0.352 e. The zero-order valence-corrected chi connectivity index (χ0v) is 12.3. The molecule has 2 aromatic heterocycles. The van der Waals surface area contributed by atoms with Gasteiger partial charge in [-0.1, -0.05) is 6.07 Å². The van der Waals surface area contributed by atoms with E-state index in [0.717, 1.165) is 24.5 Å². The minimum Gasteiger partial charge on any atom is -0.352 e. The van der Waals surface area contributed by atoms with Gasteiger partial charge in [0, 0.05) is 23.5 Å². The van der Waals surface area contributed by atoms with E-state index in [9.17, 15) is 0 Å². The summed E-state index contributed by atoms with van der Waals surface area (Å²) >= 11 is 7.61. The zero-order valence-electron chi connectivity index (χ0n) is 10.7.